The standard InChI is InChI=1S/3C9H13.Ce/c3*1-6-5-7(2)9(4)8(6)3;/h3*6H,1-4H3;/q3*-1;+3. The third-order valence-corrected chi connectivity index (χ3v) is 6.71. The molecule has 0 spiro atoms. The summed E-state index contributed by atoms with van der Waals surface area (Å²) in [5, 5.41) is 0. The van der Waals surface area contributed by atoms with Crippen molar-refractivity contribution in [3.8, 4) is 0 Å². The Morgan fingerprint density at radius 2 is 0.607 bits per heavy atom. The minimum atomic E-state index is 0. The summed E-state index contributed by atoms with van der Waals surface area (Å²) in [5.41, 5.74) is 12.7. The third kappa shape index (κ3) is 6.95. The monoisotopic (exact) mass is 503 g/mol. The summed E-state index contributed by atoms with van der Waals surface area (Å²) in [7, 11) is 0. The van der Waals surface area contributed by atoms with Gasteiger partial charge < -0.3 is 0 Å². The molecule has 3 unspecified atom stereocenters. The van der Waals surface area contributed by atoms with Gasteiger partial charge in [-0.05, 0) is 0 Å². The molecule has 0 N–H and O–H groups in total. The van der Waals surface area contributed by atoms with Crippen LogP contribution in [-0.2, 0) is 0 Å². The molecule has 0 amide bonds. The minimum absolute atomic E-state index is 0. The largest absolute Gasteiger partial charge is 3.00 e. The molecule has 0 heterocycles. The van der Waals surface area contributed by atoms with Crippen molar-refractivity contribution in [2.45, 2.75) is 83.1 Å². The van der Waals surface area contributed by atoms with E-state index in [9.17, 15) is 0 Å². The van der Waals surface area contributed by atoms with Gasteiger partial charge in [0.2, 0.25) is 0 Å². The van der Waals surface area contributed by atoms with E-state index in [2.05, 4.69) is 101 Å². The number of hydrogen-bond donors (Lipinski definition) is 0. The van der Waals surface area contributed by atoms with E-state index in [0.29, 0.717) is 17.8 Å². The Kier molecular flexibility index (Phi) is 11.8. The average Bonchev–Trinajstić information content (AvgIpc) is 3.07. The Labute approximate surface area is 209 Å². The molecule has 3 aliphatic rings. The molecule has 1 radical (unpaired) electrons. The molecular weight excluding hydrogens is 464 g/mol. The van der Waals surface area contributed by atoms with E-state index in [4.69, 9.17) is 0 Å². The van der Waals surface area contributed by atoms with Gasteiger partial charge in [0, 0.05) is 0 Å². The molecule has 0 aliphatic heterocycles. The van der Waals surface area contributed by atoms with Gasteiger partial charge >= 0.3 is 41.7 Å². The Bertz CT molecular complexity index is 657. The first-order valence-corrected chi connectivity index (χ1v) is 10.2. The van der Waals surface area contributed by atoms with Crippen molar-refractivity contribution in [1.82, 2.24) is 0 Å². The van der Waals surface area contributed by atoms with E-state index in [1.807, 2.05) is 0 Å². The minimum Gasteiger partial charge on any atom is -0.266 e. The van der Waals surface area contributed by atoms with Crippen LogP contribution in [0.2, 0.25) is 0 Å². The summed E-state index contributed by atoms with van der Waals surface area (Å²) in [6.07, 6.45) is 10.1. The second-order valence-electron chi connectivity index (χ2n) is 8.40. The topological polar surface area (TPSA) is 0 Å². The second kappa shape index (κ2) is 11.9. The van der Waals surface area contributed by atoms with Crippen molar-refractivity contribution in [1.29, 1.82) is 0 Å². The van der Waals surface area contributed by atoms with E-state index in [0.717, 1.165) is 0 Å². The van der Waals surface area contributed by atoms with Crippen molar-refractivity contribution in [3.63, 3.8) is 0 Å². The van der Waals surface area contributed by atoms with Gasteiger partial charge in [0.05, 0.1) is 0 Å². The first-order valence-electron chi connectivity index (χ1n) is 10.2. The van der Waals surface area contributed by atoms with Crippen molar-refractivity contribution < 1.29 is 41.7 Å². The van der Waals surface area contributed by atoms with Crippen molar-refractivity contribution in [2.24, 2.45) is 17.8 Å². The Hall–Kier alpha value is -0.183. The molecule has 0 aromatic carbocycles. The molecule has 0 saturated heterocycles. The van der Waals surface area contributed by atoms with Gasteiger partial charge in [0.15, 0.2) is 0 Å². The molecule has 1 heteroatoms. The summed E-state index contributed by atoms with van der Waals surface area (Å²) >= 11 is 0. The molecule has 3 atom stereocenters. The molecule has 0 fully saturated rings. The van der Waals surface area contributed by atoms with Gasteiger partial charge in [0.1, 0.15) is 0 Å². The van der Waals surface area contributed by atoms with Crippen LogP contribution in [0, 0.1) is 77.7 Å². The molecule has 28 heavy (non-hydrogen) atoms. The van der Waals surface area contributed by atoms with Gasteiger partial charge in [0.25, 0.3) is 0 Å². The van der Waals surface area contributed by atoms with Crippen LogP contribution in [0.15, 0.2) is 50.2 Å². The van der Waals surface area contributed by atoms with Gasteiger partial charge in [-0.25, -0.2) is 16.7 Å². The van der Waals surface area contributed by atoms with Crippen LogP contribution >= 0.6 is 0 Å². The van der Waals surface area contributed by atoms with E-state index >= 15 is 0 Å². The summed E-state index contributed by atoms with van der Waals surface area (Å²) < 4.78 is 0. The molecule has 0 aromatic rings. The van der Waals surface area contributed by atoms with E-state index < -0.39 is 0 Å². The van der Waals surface area contributed by atoms with Gasteiger partial charge in [-0.3, -0.25) is 18.2 Å². The predicted molar refractivity (Wildman–Crippen MR) is 120 cm³/mol. The van der Waals surface area contributed by atoms with Crippen LogP contribution in [0.25, 0.3) is 0 Å². The van der Waals surface area contributed by atoms with E-state index in [-0.39, 0.29) is 41.7 Å². The third-order valence-electron chi connectivity index (χ3n) is 6.71. The maximum Gasteiger partial charge on any atom is 3.00 e. The predicted octanol–water partition coefficient (Wildman–Crippen LogP) is 8.17. The number of allylic oxidation sites excluding steroid dienone is 12. The van der Waals surface area contributed by atoms with E-state index in [1.54, 1.807) is 0 Å². The molecular formula is C27H39Ce. The van der Waals surface area contributed by atoms with Crippen molar-refractivity contribution in [3.05, 3.63) is 68.4 Å². The maximum absolute atomic E-state index is 3.36. The normalized spacial score (nSPS) is 26.1. The Morgan fingerprint density at radius 1 is 0.429 bits per heavy atom. The van der Waals surface area contributed by atoms with Gasteiger partial charge in [-0.15, -0.1) is 20.8 Å². The van der Waals surface area contributed by atoms with Gasteiger partial charge in [-0.2, -0.15) is 33.4 Å². The van der Waals surface area contributed by atoms with Crippen molar-refractivity contribution in [2.75, 3.05) is 0 Å². The SMILES string of the molecule is CC1=[C-]C(C)C(C)=C1C.CC1=[C-]C(C)C(C)=C1C.CC1=[C-]C(C)C(C)=C1C.[Ce+3]. The summed E-state index contributed by atoms with van der Waals surface area (Å²) in [4.78, 5) is 0. The molecule has 3 rings (SSSR count). The Morgan fingerprint density at radius 3 is 0.643 bits per heavy atom. The quantitative estimate of drug-likeness (QED) is 0.293. The van der Waals surface area contributed by atoms with Crippen LogP contribution < -0.4 is 0 Å². The summed E-state index contributed by atoms with van der Waals surface area (Å²) in [5.74, 6) is 1.68. The average molecular weight is 504 g/mol. The van der Waals surface area contributed by atoms with Crippen LogP contribution in [0.5, 0.6) is 0 Å². The molecule has 3 aliphatic carbocycles. The van der Waals surface area contributed by atoms with Crippen LogP contribution in [-0.4, -0.2) is 0 Å². The van der Waals surface area contributed by atoms with Crippen LogP contribution in [0.1, 0.15) is 83.1 Å². The van der Waals surface area contributed by atoms with Crippen LogP contribution in [0.3, 0.4) is 0 Å². The number of rotatable bonds is 0. The van der Waals surface area contributed by atoms with E-state index in [1.165, 1.54) is 50.2 Å². The van der Waals surface area contributed by atoms with Gasteiger partial charge in [-0.1, -0.05) is 80.1 Å². The zero-order chi connectivity index (χ0) is 21.0. The molecule has 0 bridgehead atoms. The number of hydrogen-bond acceptors (Lipinski definition) is 0. The first kappa shape index (κ1) is 27.8. The second-order valence-corrected chi connectivity index (χ2v) is 8.40. The maximum atomic E-state index is 3.36. The fourth-order valence-corrected chi connectivity index (χ4v) is 3.49. The molecule has 0 nitrogen and oxygen atoms in total. The van der Waals surface area contributed by atoms with Crippen LogP contribution in [0.4, 0.5) is 0 Å². The zero-order valence-corrected chi connectivity index (χ0v) is 23.4. The fraction of sp³-hybridized carbons (Fsp3) is 0.556. The zero-order valence-electron chi connectivity index (χ0n) is 20.2. The Balaban J connectivity index is 0.000000384. The fourth-order valence-electron chi connectivity index (χ4n) is 3.49. The summed E-state index contributed by atoms with van der Waals surface area (Å²) in [6.45, 7) is 26.0. The smallest absolute Gasteiger partial charge is 0.266 e. The van der Waals surface area contributed by atoms with Crippen molar-refractivity contribution >= 4 is 0 Å². The molecule has 0 aromatic heterocycles. The summed E-state index contributed by atoms with van der Waals surface area (Å²) in [6, 6.07) is 0. The molecule has 151 valence electrons. The molecule has 0 saturated carbocycles. The first-order chi connectivity index (χ1) is 12.4.